The summed E-state index contributed by atoms with van der Waals surface area (Å²) in [4.78, 5) is 22.4. The Balaban J connectivity index is 1.95. The number of ether oxygens (including phenoxy) is 1. The standard InChI is InChI=1S/C12H19NO3/c1-9(2)8-16-11(14)4-3-7-13-12(15)10-5-6-10/h10H,1,3-8H2,2H3,(H,13,15). The molecule has 1 fully saturated rings. The largest absolute Gasteiger partial charge is 0.461 e. The van der Waals surface area contributed by atoms with Gasteiger partial charge in [-0.2, -0.15) is 0 Å². The lowest BCUT2D eigenvalue weighted by molar-refractivity contribution is -0.142. The van der Waals surface area contributed by atoms with Crippen LogP contribution in [0, 0.1) is 5.92 Å². The molecule has 16 heavy (non-hydrogen) atoms. The van der Waals surface area contributed by atoms with Crippen molar-refractivity contribution in [1.29, 1.82) is 0 Å². The van der Waals surface area contributed by atoms with Gasteiger partial charge in [0, 0.05) is 18.9 Å². The lowest BCUT2D eigenvalue weighted by atomic mass is 10.3. The molecular weight excluding hydrogens is 206 g/mol. The second-order valence-corrected chi connectivity index (χ2v) is 4.29. The van der Waals surface area contributed by atoms with Crippen molar-refractivity contribution in [2.75, 3.05) is 13.2 Å². The third-order valence-corrected chi connectivity index (χ3v) is 2.28. The maximum absolute atomic E-state index is 11.2. The summed E-state index contributed by atoms with van der Waals surface area (Å²) < 4.78 is 4.92. The number of nitrogens with one attached hydrogen (secondary N) is 1. The van der Waals surface area contributed by atoms with Crippen molar-refractivity contribution in [2.24, 2.45) is 5.92 Å². The zero-order valence-corrected chi connectivity index (χ0v) is 9.75. The summed E-state index contributed by atoms with van der Waals surface area (Å²) in [6.07, 6.45) is 2.99. The molecular formula is C12H19NO3. The van der Waals surface area contributed by atoms with E-state index in [0.29, 0.717) is 19.4 Å². The fourth-order valence-corrected chi connectivity index (χ4v) is 1.21. The minimum Gasteiger partial charge on any atom is -0.461 e. The van der Waals surface area contributed by atoms with Gasteiger partial charge in [-0.25, -0.2) is 0 Å². The Morgan fingerprint density at radius 2 is 2.12 bits per heavy atom. The molecule has 0 aliphatic heterocycles. The topological polar surface area (TPSA) is 55.4 Å². The van der Waals surface area contributed by atoms with E-state index in [-0.39, 0.29) is 24.4 Å². The Bertz CT molecular complexity index is 282. The smallest absolute Gasteiger partial charge is 0.306 e. The molecule has 0 unspecified atom stereocenters. The first-order valence-corrected chi connectivity index (χ1v) is 5.67. The monoisotopic (exact) mass is 225 g/mol. The van der Waals surface area contributed by atoms with E-state index >= 15 is 0 Å². The predicted octanol–water partition coefficient (Wildman–Crippen LogP) is 1.41. The molecule has 4 heteroatoms. The summed E-state index contributed by atoms with van der Waals surface area (Å²) in [5.74, 6) is 0.120. The van der Waals surface area contributed by atoms with Crippen molar-refractivity contribution < 1.29 is 14.3 Å². The number of rotatable bonds is 7. The van der Waals surface area contributed by atoms with Gasteiger partial charge in [0.25, 0.3) is 0 Å². The van der Waals surface area contributed by atoms with Crippen LogP contribution in [0.1, 0.15) is 32.6 Å². The highest BCUT2D eigenvalue weighted by Gasteiger charge is 2.28. The van der Waals surface area contributed by atoms with Crippen molar-refractivity contribution in [3.8, 4) is 0 Å². The second-order valence-electron chi connectivity index (χ2n) is 4.29. The molecule has 0 saturated heterocycles. The second kappa shape index (κ2) is 6.30. The molecule has 0 aromatic heterocycles. The number of carbonyl (C=O) groups excluding carboxylic acids is 2. The van der Waals surface area contributed by atoms with Crippen LogP contribution in [-0.2, 0) is 14.3 Å². The van der Waals surface area contributed by atoms with Gasteiger partial charge in [-0.15, -0.1) is 0 Å². The van der Waals surface area contributed by atoms with Gasteiger partial charge >= 0.3 is 5.97 Å². The third-order valence-electron chi connectivity index (χ3n) is 2.28. The van der Waals surface area contributed by atoms with Gasteiger partial charge in [0.1, 0.15) is 6.61 Å². The van der Waals surface area contributed by atoms with Gasteiger partial charge in [0.2, 0.25) is 5.91 Å². The van der Waals surface area contributed by atoms with Crippen molar-refractivity contribution >= 4 is 11.9 Å². The van der Waals surface area contributed by atoms with Crippen LogP contribution in [0.2, 0.25) is 0 Å². The quantitative estimate of drug-likeness (QED) is 0.405. The highest BCUT2D eigenvalue weighted by molar-refractivity contribution is 5.80. The number of amides is 1. The van der Waals surface area contributed by atoms with Gasteiger partial charge < -0.3 is 10.1 Å². The van der Waals surface area contributed by atoms with E-state index in [9.17, 15) is 9.59 Å². The molecule has 1 rings (SSSR count). The minimum absolute atomic E-state index is 0.121. The van der Waals surface area contributed by atoms with E-state index < -0.39 is 0 Å². The minimum atomic E-state index is -0.233. The Morgan fingerprint density at radius 3 is 2.69 bits per heavy atom. The average Bonchev–Trinajstić information content (AvgIpc) is 3.04. The molecule has 0 aromatic rings. The number of esters is 1. The first-order valence-electron chi connectivity index (χ1n) is 5.67. The van der Waals surface area contributed by atoms with E-state index in [0.717, 1.165) is 18.4 Å². The van der Waals surface area contributed by atoms with Crippen molar-refractivity contribution in [2.45, 2.75) is 32.6 Å². The molecule has 1 amide bonds. The first kappa shape index (κ1) is 12.7. The van der Waals surface area contributed by atoms with Crippen molar-refractivity contribution in [1.82, 2.24) is 5.32 Å². The van der Waals surface area contributed by atoms with Gasteiger partial charge in [0.05, 0.1) is 0 Å². The summed E-state index contributed by atoms with van der Waals surface area (Å²) in [5, 5.41) is 2.80. The number of hydrogen-bond acceptors (Lipinski definition) is 3. The van der Waals surface area contributed by atoms with Crippen LogP contribution < -0.4 is 5.32 Å². The predicted molar refractivity (Wildman–Crippen MR) is 60.7 cm³/mol. The molecule has 0 radical (unpaired) electrons. The highest BCUT2D eigenvalue weighted by Crippen LogP contribution is 2.28. The summed E-state index contributed by atoms with van der Waals surface area (Å²) >= 11 is 0. The van der Waals surface area contributed by atoms with Crippen LogP contribution >= 0.6 is 0 Å². The molecule has 4 nitrogen and oxygen atoms in total. The summed E-state index contributed by atoms with van der Waals surface area (Å²) in [5.41, 5.74) is 0.829. The average molecular weight is 225 g/mol. The molecule has 1 aliphatic rings. The van der Waals surface area contributed by atoms with Gasteiger partial charge in [-0.3, -0.25) is 9.59 Å². The van der Waals surface area contributed by atoms with E-state index in [2.05, 4.69) is 11.9 Å². The molecule has 1 aliphatic carbocycles. The normalized spacial score (nSPS) is 14.3. The maximum Gasteiger partial charge on any atom is 0.306 e. The Hall–Kier alpha value is -1.32. The Kier molecular flexibility index (Phi) is 5.02. The van der Waals surface area contributed by atoms with E-state index in [1.807, 2.05) is 6.92 Å². The summed E-state index contributed by atoms with van der Waals surface area (Å²) in [6.45, 7) is 6.29. The van der Waals surface area contributed by atoms with Crippen molar-refractivity contribution in [3.63, 3.8) is 0 Å². The van der Waals surface area contributed by atoms with Crippen LogP contribution in [-0.4, -0.2) is 25.0 Å². The van der Waals surface area contributed by atoms with Gasteiger partial charge in [-0.05, 0) is 31.8 Å². The zero-order valence-electron chi connectivity index (χ0n) is 9.75. The molecule has 0 bridgehead atoms. The lowest BCUT2D eigenvalue weighted by Gasteiger charge is -2.05. The lowest BCUT2D eigenvalue weighted by Crippen LogP contribution is -2.26. The van der Waals surface area contributed by atoms with E-state index in [1.165, 1.54) is 0 Å². The van der Waals surface area contributed by atoms with E-state index in [4.69, 9.17) is 4.74 Å². The Labute approximate surface area is 96.0 Å². The molecule has 0 spiro atoms. The molecule has 1 saturated carbocycles. The first-order chi connectivity index (χ1) is 7.59. The molecule has 0 atom stereocenters. The highest BCUT2D eigenvalue weighted by atomic mass is 16.5. The van der Waals surface area contributed by atoms with Gasteiger partial charge in [0.15, 0.2) is 0 Å². The molecule has 90 valence electrons. The number of carbonyl (C=O) groups is 2. The fraction of sp³-hybridized carbons (Fsp3) is 0.667. The van der Waals surface area contributed by atoms with Gasteiger partial charge in [-0.1, -0.05) is 6.58 Å². The van der Waals surface area contributed by atoms with Crippen LogP contribution in [0.3, 0.4) is 0 Å². The molecule has 0 heterocycles. The fourth-order valence-electron chi connectivity index (χ4n) is 1.21. The van der Waals surface area contributed by atoms with Crippen LogP contribution in [0.4, 0.5) is 0 Å². The zero-order chi connectivity index (χ0) is 12.0. The molecule has 0 aromatic carbocycles. The van der Waals surface area contributed by atoms with Crippen molar-refractivity contribution in [3.05, 3.63) is 12.2 Å². The number of hydrogen-bond donors (Lipinski definition) is 1. The Morgan fingerprint density at radius 1 is 1.44 bits per heavy atom. The van der Waals surface area contributed by atoms with Crippen LogP contribution in [0.25, 0.3) is 0 Å². The SMILES string of the molecule is C=C(C)COC(=O)CCCNC(=O)C1CC1. The van der Waals surface area contributed by atoms with E-state index in [1.54, 1.807) is 0 Å². The summed E-state index contributed by atoms with van der Waals surface area (Å²) in [7, 11) is 0. The summed E-state index contributed by atoms with van der Waals surface area (Å²) in [6, 6.07) is 0. The molecule has 1 N–H and O–H groups in total. The van der Waals surface area contributed by atoms with Crippen LogP contribution in [0.15, 0.2) is 12.2 Å². The maximum atomic E-state index is 11.2. The third kappa shape index (κ3) is 5.53. The van der Waals surface area contributed by atoms with Crippen LogP contribution in [0.5, 0.6) is 0 Å².